The van der Waals surface area contributed by atoms with Gasteiger partial charge in [0.2, 0.25) is 10.0 Å². The fraction of sp³-hybridized carbons (Fsp3) is 0.714. The van der Waals surface area contributed by atoms with Crippen molar-refractivity contribution >= 4 is 21.4 Å². The molecule has 2 unspecified atom stereocenters. The van der Waals surface area contributed by atoms with Crippen LogP contribution in [0.15, 0.2) is 10.3 Å². The summed E-state index contributed by atoms with van der Waals surface area (Å²) in [6, 6.07) is 1.67. The molecule has 120 valence electrons. The van der Waals surface area contributed by atoms with Crippen molar-refractivity contribution in [3.05, 3.63) is 16.5 Å². The van der Waals surface area contributed by atoms with E-state index in [9.17, 15) is 8.42 Å². The zero-order valence-electron chi connectivity index (χ0n) is 13.2. The topological polar surface area (TPSA) is 67.4 Å². The second-order valence-corrected chi connectivity index (χ2v) is 9.23. The van der Waals surface area contributed by atoms with Gasteiger partial charge in [-0.3, -0.25) is 0 Å². The molecule has 1 aromatic rings. The van der Waals surface area contributed by atoms with Crippen LogP contribution >= 0.6 is 11.3 Å². The molecule has 7 heteroatoms. The van der Waals surface area contributed by atoms with Crippen molar-refractivity contribution in [1.82, 2.24) is 10.0 Å². The Labute approximate surface area is 131 Å². The van der Waals surface area contributed by atoms with Crippen LogP contribution in [0.25, 0.3) is 0 Å². The fourth-order valence-corrected chi connectivity index (χ4v) is 5.71. The molecule has 1 aliphatic rings. The third kappa shape index (κ3) is 3.17. The number of thiophene rings is 1. The van der Waals surface area contributed by atoms with E-state index in [0.29, 0.717) is 10.8 Å². The summed E-state index contributed by atoms with van der Waals surface area (Å²) in [4.78, 5) is 1.06. The van der Waals surface area contributed by atoms with E-state index < -0.39 is 10.0 Å². The monoisotopic (exact) mass is 332 g/mol. The maximum atomic E-state index is 12.5. The molecule has 1 fully saturated rings. The summed E-state index contributed by atoms with van der Waals surface area (Å²) in [6.45, 7) is 6.69. The molecular formula is C14H24N2O3S2. The third-order valence-corrected chi connectivity index (χ3v) is 7.54. The van der Waals surface area contributed by atoms with Crippen LogP contribution in [0, 0.1) is 12.3 Å². The van der Waals surface area contributed by atoms with Gasteiger partial charge in [-0.05, 0) is 32.0 Å². The van der Waals surface area contributed by atoms with Gasteiger partial charge < -0.3 is 10.1 Å². The van der Waals surface area contributed by atoms with Crippen LogP contribution in [-0.2, 0) is 21.3 Å². The number of aryl methyl sites for hydroxylation is 1. The van der Waals surface area contributed by atoms with Crippen LogP contribution in [0.4, 0.5) is 0 Å². The van der Waals surface area contributed by atoms with E-state index in [1.54, 1.807) is 13.2 Å². The Morgan fingerprint density at radius 1 is 1.48 bits per heavy atom. The van der Waals surface area contributed by atoms with Crippen LogP contribution < -0.4 is 10.0 Å². The molecule has 5 nitrogen and oxygen atoms in total. The Morgan fingerprint density at radius 2 is 2.14 bits per heavy atom. The van der Waals surface area contributed by atoms with E-state index in [4.69, 9.17) is 4.74 Å². The molecule has 0 spiro atoms. The first-order valence-corrected chi connectivity index (χ1v) is 9.31. The largest absolute Gasteiger partial charge is 0.381 e. The third-order valence-electron chi connectivity index (χ3n) is 4.36. The molecule has 1 aromatic heterocycles. The number of nitrogens with one attached hydrogen (secondary N) is 2. The van der Waals surface area contributed by atoms with Crippen molar-refractivity contribution in [3.63, 3.8) is 0 Å². The van der Waals surface area contributed by atoms with Gasteiger partial charge in [0.25, 0.3) is 0 Å². The van der Waals surface area contributed by atoms with E-state index in [1.165, 1.54) is 11.3 Å². The van der Waals surface area contributed by atoms with E-state index in [-0.39, 0.29) is 17.6 Å². The smallest absolute Gasteiger partial charge is 0.250 e. The Balaban J connectivity index is 2.15. The maximum Gasteiger partial charge on any atom is 0.250 e. The summed E-state index contributed by atoms with van der Waals surface area (Å²) in [7, 11) is 0.0671. The minimum absolute atomic E-state index is 0.0809. The summed E-state index contributed by atoms with van der Waals surface area (Å²) in [6.07, 6.45) is 0.825. The minimum Gasteiger partial charge on any atom is -0.381 e. The number of ether oxygens (including phenoxy) is 1. The van der Waals surface area contributed by atoms with Crippen molar-refractivity contribution < 1.29 is 13.2 Å². The van der Waals surface area contributed by atoms with Crippen LogP contribution in [0.5, 0.6) is 0 Å². The SMILES string of the molecule is CNCc1sc(S(=O)(=O)NC2CC(OC)C2(C)C)cc1C. The van der Waals surface area contributed by atoms with Crippen molar-refractivity contribution in [2.24, 2.45) is 5.41 Å². The second-order valence-electron chi connectivity index (χ2n) is 6.16. The van der Waals surface area contributed by atoms with Gasteiger partial charge in [-0.1, -0.05) is 13.8 Å². The highest BCUT2D eigenvalue weighted by atomic mass is 32.2. The zero-order chi connectivity index (χ0) is 15.8. The Hall–Kier alpha value is -0.470. The molecule has 0 radical (unpaired) electrons. The van der Waals surface area contributed by atoms with Gasteiger partial charge in [0.15, 0.2) is 0 Å². The average Bonchev–Trinajstić information content (AvgIpc) is 2.77. The summed E-state index contributed by atoms with van der Waals surface area (Å²) in [5.41, 5.74) is 0.833. The zero-order valence-corrected chi connectivity index (χ0v) is 14.8. The van der Waals surface area contributed by atoms with Crippen LogP contribution in [0.1, 0.15) is 30.7 Å². The van der Waals surface area contributed by atoms with Crippen LogP contribution in [0.2, 0.25) is 0 Å². The van der Waals surface area contributed by atoms with Gasteiger partial charge in [0, 0.05) is 30.0 Å². The van der Waals surface area contributed by atoms with Crippen molar-refractivity contribution in [3.8, 4) is 0 Å². The van der Waals surface area contributed by atoms with Gasteiger partial charge >= 0.3 is 0 Å². The first-order chi connectivity index (χ1) is 9.72. The number of sulfonamides is 1. The fourth-order valence-electron chi connectivity index (χ4n) is 2.69. The van der Waals surface area contributed by atoms with Crippen molar-refractivity contribution in [2.45, 2.75) is 50.1 Å². The molecule has 2 rings (SSSR count). The lowest BCUT2D eigenvalue weighted by atomic mass is 9.65. The van der Waals surface area contributed by atoms with E-state index >= 15 is 0 Å². The first-order valence-electron chi connectivity index (χ1n) is 7.01. The lowest BCUT2D eigenvalue weighted by Crippen LogP contribution is -2.61. The first kappa shape index (κ1) is 16.9. The molecule has 0 amide bonds. The van der Waals surface area contributed by atoms with Gasteiger partial charge in [0.1, 0.15) is 4.21 Å². The van der Waals surface area contributed by atoms with E-state index in [2.05, 4.69) is 10.0 Å². The maximum absolute atomic E-state index is 12.5. The molecule has 0 aliphatic heterocycles. The molecule has 0 saturated heterocycles. The van der Waals surface area contributed by atoms with Gasteiger partial charge in [0.05, 0.1) is 6.10 Å². The Kier molecular flexibility index (Phi) is 4.80. The van der Waals surface area contributed by atoms with Gasteiger partial charge in [-0.25, -0.2) is 13.1 Å². The number of hydrogen-bond acceptors (Lipinski definition) is 5. The van der Waals surface area contributed by atoms with Crippen molar-refractivity contribution in [2.75, 3.05) is 14.2 Å². The highest BCUT2D eigenvalue weighted by Gasteiger charge is 2.50. The summed E-state index contributed by atoms with van der Waals surface area (Å²) in [5, 5.41) is 3.06. The molecule has 2 atom stereocenters. The highest BCUT2D eigenvalue weighted by Crippen LogP contribution is 2.43. The number of methoxy groups -OCH3 is 1. The lowest BCUT2D eigenvalue weighted by Gasteiger charge is -2.50. The molecule has 21 heavy (non-hydrogen) atoms. The normalized spacial score (nSPS) is 24.8. The quantitative estimate of drug-likeness (QED) is 0.834. The summed E-state index contributed by atoms with van der Waals surface area (Å²) >= 11 is 1.33. The van der Waals surface area contributed by atoms with Crippen LogP contribution in [0.3, 0.4) is 0 Å². The standard InChI is InChI=1S/C14H24N2O3S2/c1-9-6-13(20-10(9)8-15-4)21(17,18)16-11-7-12(19-5)14(11,2)3/h6,11-12,15-16H,7-8H2,1-5H3. The second kappa shape index (κ2) is 5.96. The predicted molar refractivity (Wildman–Crippen MR) is 85.1 cm³/mol. The van der Waals surface area contributed by atoms with E-state index in [0.717, 1.165) is 16.9 Å². The molecule has 1 aliphatic carbocycles. The predicted octanol–water partition coefficient (Wildman–Crippen LogP) is 1.87. The molecular weight excluding hydrogens is 308 g/mol. The number of hydrogen-bond donors (Lipinski definition) is 2. The molecule has 0 bridgehead atoms. The summed E-state index contributed by atoms with van der Waals surface area (Å²) < 4.78 is 33.6. The van der Waals surface area contributed by atoms with Gasteiger partial charge in [-0.15, -0.1) is 11.3 Å². The molecule has 1 saturated carbocycles. The average molecular weight is 332 g/mol. The molecule has 1 heterocycles. The van der Waals surface area contributed by atoms with Crippen LogP contribution in [-0.4, -0.2) is 34.7 Å². The van der Waals surface area contributed by atoms with Crippen molar-refractivity contribution in [1.29, 1.82) is 0 Å². The highest BCUT2D eigenvalue weighted by molar-refractivity contribution is 7.91. The number of rotatable bonds is 6. The van der Waals surface area contributed by atoms with E-state index in [1.807, 2.05) is 27.8 Å². The molecule has 2 N–H and O–H groups in total. The molecule has 0 aromatic carbocycles. The summed E-state index contributed by atoms with van der Waals surface area (Å²) in [5.74, 6) is 0. The Bertz CT molecular complexity index is 608. The Morgan fingerprint density at radius 3 is 2.67 bits per heavy atom. The minimum atomic E-state index is -3.46. The van der Waals surface area contributed by atoms with Gasteiger partial charge in [-0.2, -0.15) is 0 Å². The lowest BCUT2D eigenvalue weighted by molar-refractivity contribution is -0.0908.